The van der Waals surface area contributed by atoms with Gasteiger partial charge in [0.1, 0.15) is 5.78 Å². The Morgan fingerprint density at radius 2 is 1.29 bits per heavy atom. The second kappa shape index (κ2) is 17.9. The number of aliphatic carboxylic acids is 2. The molecule has 0 amide bonds. The van der Waals surface area contributed by atoms with Gasteiger partial charge in [0, 0.05) is 32.3 Å². The van der Waals surface area contributed by atoms with Gasteiger partial charge in [-0.25, -0.2) is 0 Å². The molecule has 122 valence electrons. The summed E-state index contributed by atoms with van der Waals surface area (Å²) in [5, 5.41) is 15.7. The lowest BCUT2D eigenvalue weighted by Gasteiger charge is -1.98. The van der Waals surface area contributed by atoms with Crippen molar-refractivity contribution in [3.05, 3.63) is 24.5 Å². The van der Waals surface area contributed by atoms with Gasteiger partial charge >= 0.3 is 5.97 Å². The van der Waals surface area contributed by atoms with Crippen molar-refractivity contribution in [3.63, 3.8) is 0 Å². The molecule has 0 spiro atoms. The molecule has 0 aromatic carbocycles. The molecule has 0 unspecified atom stereocenters. The summed E-state index contributed by atoms with van der Waals surface area (Å²) in [7, 11) is 0. The fraction of sp³-hybridized carbons (Fsp3) is 0.533. The number of rotatable bonds is 4. The highest BCUT2D eigenvalue weighted by Gasteiger charge is 1.95. The summed E-state index contributed by atoms with van der Waals surface area (Å²) < 4.78 is 1.98. The highest BCUT2D eigenvalue weighted by molar-refractivity contribution is 5.72. The molecule has 1 aromatic heterocycles. The van der Waals surface area contributed by atoms with Crippen LogP contribution in [0, 0.1) is 0 Å². The van der Waals surface area contributed by atoms with Crippen LogP contribution in [0.15, 0.2) is 24.5 Å². The minimum atomic E-state index is -0.833. The third-order valence-electron chi connectivity index (χ3n) is 1.47. The molecule has 0 saturated carbocycles. The third kappa shape index (κ3) is 38.1. The molecule has 0 atom stereocenters. The van der Waals surface area contributed by atoms with Crippen LogP contribution in [-0.2, 0) is 20.9 Å². The van der Waals surface area contributed by atoms with E-state index in [9.17, 15) is 9.59 Å². The first-order chi connectivity index (χ1) is 9.75. The molecule has 6 heteroatoms. The predicted octanol–water partition coefficient (Wildman–Crippen LogP) is 3.07. The van der Waals surface area contributed by atoms with Gasteiger partial charge in [-0.1, -0.05) is 13.8 Å². The van der Waals surface area contributed by atoms with Gasteiger partial charge < -0.3 is 19.6 Å². The van der Waals surface area contributed by atoms with Crippen molar-refractivity contribution < 1.29 is 24.6 Å². The van der Waals surface area contributed by atoms with Crippen molar-refractivity contribution >= 4 is 17.7 Å². The van der Waals surface area contributed by atoms with Crippen LogP contribution in [0.2, 0.25) is 0 Å². The van der Waals surface area contributed by atoms with Crippen LogP contribution in [0.1, 0.15) is 47.5 Å². The lowest BCUT2D eigenvalue weighted by Crippen LogP contribution is -1.99. The first-order valence-electron chi connectivity index (χ1n) is 6.75. The van der Waals surface area contributed by atoms with Crippen molar-refractivity contribution in [2.45, 2.75) is 54.0 Å². The molecule has 0 radical (unpaired) electrons. The topological polar surface area (TPSA) is 96.6 Å². The number of Topliss-reactive ketones (excluding diaryl/α,β-unsaturated/α-hetero) is 1. The van der Waals surface area contributed by atoms with E-state index >= 15 is 0 Å². The molecule has 0 fully saturated rings. The first-order valence-corrected chi connectivity index (χ1v) is 6.75. The molecule has 2 N–H and O–H groups in total. The zero-order valence-electron chi connectivity index (χ0n) is 13.5. The lowest BCUT2D eigenvalue weighted by molar-refractivity contribution is -0.137. The number of aryl methyl sites for hydroxylation is 1. The number of carboxylic acids is 2. The fourth-order valence-corrected chi connectivity index (χ4v) is 0.932. The molecule has 1 rings (SSSR count). The van der Waals surface area contributed by atoms with Gasteiger partial charge in [0.2, 0.25) is 0 Å². The van der Waals surface area contributed by atoms with E-state index in [0.29, 0.717) is 6.42 Å². The molecular formula is C15H27NO5. The number of carboxylic acid groups (broad SMARTS) is 2. The summed E-state index contributed by atoms with van der Waals surface area (Å²) in [6.07, 6.45) is 4.81. The zero-order chi connectivity index (χ0) is 17.3. The maximum atomic E-state index is 10.1. The van der Waals surface area contributed by atoms with Gasteiger partial charge in [0.15, 0.2) is 0 Å². The Kier molecular flexibility index (Phi) is 20.4. The van der Waals surface area contributed by atoms with Gasteiger partial charge in [0.25, 0.3) is 5.97 Å². The molecule has 1 heterocycles. The van der Waals surface area contributed by atoms with E-state index in [1.165, 1.54) is 13.8 Å². The van der Waals surface area contributed by atoms with Gasteiger partial charge in [0.05, 0.1) is 0 Å². The summed E-state index contributed by atoms with van der Waals surface area (Å²) in [5.74, 6) is -1.39. The van der Waals surface area contributed by atoms with Crippen LogP contribution in [0.4, 0.5) is 0 Å². The van der Waals surface area contributed by atoms with Gasteiger partial charge in [-0.15, -0.1) is 0 Å². The van der Waals surface area contributed by atoms with E-state index in [-0.39, 0.29) is 12.2 Å². The number of ketones is 1. The number of hydrogen-bond donors (Lipinski definition) is 2. The third-order valence-corrected chi connectivity index (χ3v) is 1.47. The number of nitrogens with zero attached hydrogens (tertiary/aromatic N) is 1. The van der Waals surface area contributed by atoms with Crippen LogP contribution in [0.5, 0.6) is 0 Å². The Bertz CT molecular complexity index is 351. The van der Waals surface area contributed by atoms with E-state index in [4.69, 9.17) is 15.0 Å². The van der Waals surface area contributed by atoms with E-state index in [0.717, 1.165) is 13.5 Å². The Balaban J connectivity index is -0.000000271. The Morgan fingerprint density at radius 3 is 1.57 bits per heavy atom. The molecule has 21 heavy (non-hydrogen) atoms. The fourth-order valence-electron chi connectivity index (χ4n) is 0.932. The highest BCUT2D eigenvalue weighted by Crippen LogP contribution is 1.96. The van der Waals surface area contributed by atoms with E-state index in [2.05, 4.69) is 0 Å². The van der Waals surface area contributed by atoms with Crippen molar-refractivity contribution in [1.82, 2.24) is 4.57 Å². The van der Waals surface area contributed by atoms with E-state index in [1.54, 1.807) is 0 Å². The molecule has 0 aliphatic carbocycles. The molecule has 1 aromatic rings. The molecule has 6 nitrogen and oxygen atoms in total. The largest absolute Gasteiger partial charge is 0.481 e. The average Bonchev–Trinajstić information content (AvgIpc) is 2.83. The zero-order valence-corrected chi connectivity index (χ0v) is 13.5. The van der Waals surface area contributed by atoms with Gasteiger partial charge in [-0.05, 0) is 32.4 Å². The van der Waals surface area contributed by atoms with E-state index in [1.807, 2.05) is 42.9 Å². The van der Waals surface area contributed by atoms with Crippen molar-refractivity contribution in [2.24, 2.45) is 0 Å². The minimum Gasteiger partial charge on any atom is -0.481 e. The Hall–Kier alpha value is -2.11. The summed E-state index contributed by atoms with van der Waals surface area (Å²) in [6.45, 7) is 8.93. The lowest BCUT2D eigenvalue weighted by atomic mass is 10.3. The van der Waals surface area contributed by atoms with Crippen LogP contribution >= 0.6 is 0 Å². The summed E-state index contributed by atoms with van der Waals surface area (Å²) in [6, 6.07) is 3.86. The van der Waals surface area contributed by atoms with Crippen LogP contribution in [-0.4, -0.2) is 32.5 Å². The van der Waals surface area contributed by atoms with Gasteiger partial charge in [-0.2, -0.15) is 0 Å². The molecule has 0 bridgehead atoms. The SMILES string of the molecule is CC.CC(=O)O.CC(C)=O.O=C(O)CCCn1cccc1. The smallest absolute Gasteiger partial charge is 0.303 e. The molecule has 0 aliphatic heterocycles. The summed E-state index contributed by atoms with van der Waals surface area (Å²) >= 11 is 0. The van der Waals surface area contributed by atoms with Crippen LogP contribution < -0.4 is 0 Å². The number of carbonyl (C=O) groups excluding carboxylic acids is 1. The molecule has 0 saturated heterocycles. The summed E-state index contributed by atoms with van der Waals surface area (Å²) in [4.78, 5) is 28.6. The Morgan fingerprint density at radius 1 is 0.952 bits per heavy atom. The van der Waals surface area contributed by atoms with Crippen LogP contribution in [0.25, 0.3) is 0 Å². The highest BCUT2D eigenvalue weighted by atomic mass is 16.4. The Labute approximate surface area is 126 Å². The normalized spacial score (nSPS) is 7.86. The second-order valence-corrected chi connectivity index (χ2v) is 3.85. The quantitative estimate of drug-likeness (QED) is 0.890. The monoisotopic (exact) mass is 301 g/mol. The summed E-state index contributed by atoms with van der Waals surface area (Å²) in [5.41, 5.74) is 0. The van der Waals surface area contributed by atoms with Crippen LogP contribution in [0.3, 0.4) is 0 Å². The number of aromatic nitrogens is 1. The maximum Gasteiger partial charge on any atom is 0.303 e. The first kappa shape index (κ1) is 23.9. The molecular weight excluding hydrogens is 274 g/mol. The molecule has 0 aliphatic rings. The van der Waals surface area contributed by atoms with E-state index < -0.39 is 11.9 Å². The van der Waals surface area contributed by atoms with Gasteiger partial charge in [-0.3, -0.25) is 9.59 Å². The number of hydrogen-bond acceptors (Lipinski definition) is 3. The predicted molar refractivity (Wildman–Crippen MR) is 82.3 cm³/mol. The maximum absolute atomic E-state index is 10.1. The standard InChI is InChI=1S/C8H11NO2.C3H6O.C2H4O2.C2H6/c10-8(11)4-3-7-9-5-1-2-6-9;1-3(2)4;1-2(3)4;1-2/h1-2,5-6H,3-4,7H2,(H,10,11);1-2H3;1H3,(H,3,4);1-2H3. The van der Waals surface area contributed by atoms with Crippen molar-refractivity contribution in [1.29, 1.82) is 0 Å². The van der Waals surface area contributed by atoms with Crippen molar-refractivity contribution in [2.75, 3.05) is 0 Å². The van der Waals surface area contributed by atoms with Crippen molar-refractivity contribution in [3.8, 4) is 0 Å². The minimum absolute atomic E-state index is 0.167. The average molecular weight is 301 g/mol. The second-order valence-electron chi connectivity index (χ2n) is 3.85. The number of carbonyl (C=O) groups is 3.